The number of ketones is 1. The van der Waals surface area contributed by atoms with Crippen LogP contribution in [0.25, 0.3) is 10.4 Å². The largest absolute Gasteiger partial charge is 0.442 e. The summed E-state index contributed by atoms with van der Waals surface area (Å²) in [5.41, 5.74) is 8.63. The van der Waals surface area contributed by atoms with Gasteiger partial charge in [-0.1, -0.05) is 35.8 Å². The summed E-state index contributed by atoms with van der Waals surface area (Å²) in [5, 5.41) is 6.43. The van der Waals surface area contributed by atoms with Gasteiger partial charge < -0.3 is 48.1 Å². The lowest BCUT2D eigenvalue weighted by molar-refractivity contribution is -0.176. The molecule has 0 aromatic rings. The zero-order valence-corrected chi connectivity index (χ0v) is 32.8. The fraction of sp³-hybridized carbons (Fsp3) is 0.763. The maximum absolute atomic E-state index is 13.0. The number of nitrogens with zero attached hydrogens (tertiary/aromatic N) is 4. The van der Waals surface area contributed by atoms with Gasteiger partial charge in [0.05, 0.1) is 83.3 Å². The number of morpholine rings is 1. The summed E-state index contributed by atoms with van der Waals surface area (Å²) in [6.45, 7) is 16.3. The predicted molar refractivity (Wildman–Crippen MR) is 200 cm³/mol. The molecule has 0 spiro atoms. The average molecular weight is 764 g/mol. The Morgan fingerprint density at radius 2 is 1.72 bits per heavy atom. The summed E-state index contributed by atoms with van der Waals surface area (Å²) >= 11 is 0. The first-order chi connectivity index (χ1) is 25.9. The Bertz CT molecular complexity index is 1310. The minimum atomic E-state index is -0.734. The Labute approximate surface area is 319 Å². The molecule has 7 atom stereocenters. The molecule has 304 valence electrons. The molecule has 1 N–H and O–H groups in total. The Kier molecular flexibility index (Phi) is 20.2. The van der Waals surface area contributed by atoms with Crippen molar-refractivity contribution in [3.8, 4) is 0 Å². The number of carbonyl (C=O) groups is 3. The molecule has 0 aromatic carbocycles. The van der Waals surface area contributed by atoms with Crippen LogP contribution in [0.5, 0.6) is 0 Å². The van der Waals surface area contributed by atoms with E-state index >= 15 is 0 Å². The molecule has 2 amide bonds. The van der Waals surface area contributed by atoms with Crippen molar-refractivity contribution in [1.82, 2.24) is 10.2 Å². The van der Waals surface area contributed by atoms with Gasteiger partial charge in [0.1, 0.15) is 18.3 Å². The molecule has 3 fully saturated rings. The van der Waals surface area contributed by atoms with Crippen molar-refractivity contribution < 1.29 is 52.3 Å². The third kappa shape index (κ3) is 17.0. The number of carbonyl (C=O) groups excluding carboxylic acids is 3. The quantitative estimate of drug-likeness (QED) is 0.0434. The van der Waals surface area contributed by atoms with E-state index in [1.165, 1.54) is 6.08 Å². The van der Waals surface area contributed by atoms with Crippen LogP contribution >= 0.6 is 0 Å². The van der Waals surface area contributed by atoms with Gasteiger partial charge in [0.25, 0.3) is 0 Å². The van der Waals surface area contributed by atoms with Crippen LogP contribution in [0.3, 0.4) is 0 Å². The fourth-order valence-corrected chi connectivity index (χ4v) is 6.23. The van der Waals surface area contributed by atoms with Crippen molar-refractivity contribution in [3.63, 3.8) is 0 Å². The van der Waals surface area contributed by atoms with Crippen molar-refractivity contribution in [2.75, 3.05) is 79.1 Å². The van der Waals surface area contributed by atoms with Gasteiger partial charge in [-0.2, -0.15) is 0 Å². The third-order valence-corrected chi connectivity index (χ3v) is 9.18. The zero-order chi connectivity index (χ0) is 39.3. The van der Waals surface area contributed by atoms with E-state index in [0.29, 0.717) is 78.9 Å². The number of azide groups is 1. The summed E-state index contributed by atoms with van der Waals surface area (Å²) in [5.74, 6) is -0.0790. The minimum absolute atomic E-state index is 0.0106. The van der Waals surface area contributed by atoms with Gasteiger partial charge in [-0.15, -0.1) is 0 Å². The molecule has 3 aliphatic heterocycles. The summed E-state index contributed by atoms with van der Waals surface area (Å²) < 4.78 is 45.6. The van der Waals surface area contributed by atoms with E-state index in [0.717, 1.165) is 12.0 Å². The van der Waals surface area contributed by atoms with Crippen LogP contribution < -0.4 is 5.32 Å². The SMILES string of the molecule is CC(C=C[C@H]1OC(C)(C)CC(=O)[C@@H]1OCCOCCOCCOCCN=[N+]=[N-])=CC[C@@H]1O[C@H](C)[C@H](NC(=O)C=C[C@H](C)OC(=O)N2CCOCC2)C[C@@H]1C. The van der Waals surface area contributed by atoms with Gasteiger partial charge in [0, 0.05) is 37.0 Å². The van der Waals surface area contributed by atoms with Crippen molar-refractivity contribution in [1.29, 1.82) is 0 Å². The number of allylic oxidation sites excluding steroid dienone is 2. The first-order valence-electron chi connectivity index (χ1n) is 19.0. The highest BCUT2D eigenvalue weighted by Crippen LogP contribution is 2.30. The van der Waals surface area contributed by atoms with Gasteiger partial charge >= 0.3 is 6.09 Å². The fourth-order valence-electron chi connectivity index (χ4n) is 6.23. The molecule has 3 heterocycles. The number of hydrogen-bond acceptors (Lipinski definition) is 12. The van der Waals surface area contributed by atoms with E-state index < -0.39 is 30.0 Å². The molecule has 0 saturated carbocycles. The molecule has 0 bridgehead atoms. The van der Waals surface area contributed by atoms with Gasteiger partial charge in [-0.3, -0.25) is 9.59 Å². The van der Waals surface area contributed by atoms with Crippen LogP contribution in [0.1, 0.15) is 60.8 Å². The summed E-state index contributed by atoms with van der Waals surface area (Å²) in [4.78, 5) is 42.3. The van der Waals surface area contributed by atoms with Crippen molar-refractivity contribution >= 4 is 17.8 Å². The lowest BCUT2D eigenvalue weighted by atomic mass is 9.88. The van der Waals surface area contributed by atoms with Crippen LogP contribution in [-0.4, -0.2) is 144 Å². The van der Waals surface area contributed by atoms with Crippen molar-refractivity contribution in [3.05, 3.63) is 46.4 Å². The maximum atomic E-state index is 13.0. The molecular formula is C38H61N5O11. The molecular weight excluding hydrogens is 702 g/mol. The van der Waals surface area contributed by atoms with Crippen LogP contribution in [0.2, 0.25) is 0 Å². The van der Waals surface area contributed by atoms with Gasteiger partial charge in [0.15, 0.2) is 5.78 Å². The normalized spacial score (nSPS) is 26.8. The second-order valence-electron chi connectivity index (χ2n) is 14.4. The standard InChI is InChI=1S/C38H61N5O11/c1-27(8-11-34-36(32(44)26-38(5,6)54-34)51-24-23-50-22-21-49-20-19-47-16-13-40-42-39)7-10-33-28(2)25-31(30(4)53-33)41-35(45)12-9-29(3)52-37(46)43-14-17-48-18-15-43/h7-9,11-12,28-31,33-34,36H,10,13-26H2,1-6H3,(H,41,45)/t28-,29-,30+,31+,33-,34+,36-/m0/s1. The Morgan fingerprint density at radius 3 is 2.41 bits per heavy atom. The second kappa shape index (κ2) is 24.2. The average Bonchev–Trinajstić information content (AvgIpc) is 3.13. The highest BCUT2D eigenvalue weighted by atomic mass is 16.6. The molecule has 16 heteroatoms. The van der Waals surface area contributed by atoms with E-state index in [1.54, 1.807) is 17.9 Å². The van der Waals surface area contributed by atoms with E-state index in [2.05, 4.69) is 28.3 Å². The monoisotopic (exact) mass is 763 g/mol. The summed E-state index contributed by atoms with van der Waals surface area (Å²) in [7, 11) is 0. The van der Waals surface area contributed by atoms with Crippen LogP contribution in [0.4, 0.5) is 4.79 Å². The molecule has 0 unspecified atom stereocenters. The number of ether oxygens (including phenoxy) is 8. The molecule has 0 aromatic heterocycles. The highest BCUT2D eigenvalue weighted by Gasteiger charge is 2.41. The van der Waals surface area contributed by atoms with Crippen molar-refractivity contribution in [2.24, 2.45) is 11.0 Å². The number of nitrogens with one attached hydrogen (secondary N) is 1. The highest BCUT2D eigenvalue weighted by molar-refractivity contribution is 5.88. The van der Waals surface area contributed by atoms with E-state index in [-0.39, 0.29) is 48.9 Å². The number of hydrogen-bond donors (Lipinski definition) is 1. The second-order valence-corrected chi connectivity index (χ2v) is 14.4. The van der Waals surface area contributed by atoms with Gasteiger partial charge in [0.2, 0.25) is 5.91 Å². The molecule has 3 aliphatic rings. The first-order valence-corrected chi connectivity index (χ1v) is 19.0. The van der Waals surface area contributed by atoms with Gasteiger partial charge in [-0.25, -0.2) is 4.79 Å². The van der Waals surface area contributed by atoms with E-state index in [1.807, 2.05) is 39.8 Å². The third-order valence-electron chi connectivity index (χ3n) is 9.18. The lowest BCUT2D eigenvalue weighted by Gasteiger charge is -2.39. The molecule has 16 nitrogen and oxygen atoms in total. The number of amides is 2. The number of Topliss-reactive ketones (excluding diaryl/α,β-unsaturated/α-hetero) is 1. The predicted octanol–water partition coefficient (Wildman–Crippen LogP) is 4.47. The first kappa shape index (κ1) is 45.1. The summed E-state index contributed by atoms with van der Waals surface area (Å²) in [6.07, 6.45) is 8.18. The van der Waals surface area contributed by atoms with Crippen LogP contribution in [0, 0.1) is 5.92 Å². The minimum Gasteiger partial charge on any atom is -0.442 e. The van der Waals surface area contributed by atoms with Gasteiger partial charge in [-0.05, 0) is 65.0 Å². The van der Waals surface area contributed by atoms with Crippen molar-refractivity contribution in [2.45, 2.75) is 103 Å². The molecule has 3 rings (SSSR count). The zero-order valence-electron chi connectivity index (χ0n) is 32.8. The summed E-state index contributed by atoms with van der Waals surface area (Å²) in [6, 6.07) is -0.155. The molecule has 0 radical (unpaired) electrons. The number of rotatable bonds is 21. The topological polar surface area (TPSA) is 189 Å². The molecule has 54 heavy (non-hydrogen) atoms. The Hall–Kier alpha value is -3.34. The molecule has 0 aliphatic carbocycles. The smallest absolute Gasteiger partial charge is 0.410 e. The Morgan fingerprint density at radius 1 is 1.06 bits per heavy atom. The van der Waals surface area contributed by atoms with E-state index in [9.17, 15) is 14.4 Å². The van der Waals surface area contributed by atoms with Crippen LogP contribution in [0.15, 0.2) is 41.1 Å². The lowest BCUT2D eigenvalue weighted by Crippen LogP contribution is -2.50. The van der Waals surface area contributed by atoms with Crippen LogP contribution in [-0.2, 0) is 47.5 Å². The molecule has 3 saturated heterocycles. The van der Waals surface area contributed by atoms with E-state index in [4.69, 9.17) is 43.4 Å². The Balaban J connectivity index is 1.39. The maximum Gasteiger partial charge on any atom is 0.410 e.